The Kier molecular flexibility index (Phi) is 7.59. The van der Waals surface area contributed by atoms with Crippen LogP contribution in [0.5, 0.6) is 0 Å². The second-order valence-electron chi connectivity index (χ2n) is 7.53. The smallest absolute Gasteiger partial charge is 0.251 e. The van der Waals surface area contributed by atoms with Crippen molar-refractivity contribution in [3.05, 3.63) is 59.9 Å². The van der Waals surface area contributed by atoms with Gasteiger partial charge in [-0.05, 0) is 49.1 Å². The van der Waals surface area contributed by atoms with Crippen LogP contribution in [0.3, 0.4) is 0 Å². The molecule has 0 atom stereocenters. The summed E-state index contributed by atoms with van der Waals surface area (Å²) in [4.78, 5) is 28.8. The Balaban J connectivity index is 1.44. The topological polar surface area (TPSA) is 71.1 Å². The van der Waals surface area contributed by atoms with E-state index in [0.29, 0.717) is 24.2 Å². The van der Waals surface area contributed by atoms with E-state index < -0.39 is 0 Å². The summed E-state index contributed by atoms with van der Waals surface area (Å²) in [5.41, 5.74) is 1.99. The van der Waals surface area contributed by atoms with Crippen molar-refractivity contribution in [2.75, 3.05) is 5.32 Å². The van der Waals surface area contributed by atoms with Crippen LogP contribution in [-0.4, -0.2) is 16.8 Å². The van der Waals surface area contributed by atoms with Crippen LogP contribution in [0.4, 0.5) is 5.69 Å². The Morgan fingerprint density at radius 1 is 1.04 bits per heavy atom. The van der Waals surface area contributed by atoms with Crippen molar-refractivity contribution < 1.29 is 9.59 Å². The van der Waals surface area contributed by atoms with Crippen molar-refractivity contribution in [3.8, 4) is 0 Å². The van der Waals surface area contributed by atoms with E-state index in [9.17, 15) is 9.59 Å². The molecule has 0 radical (unpaired) electrons. The molecule has 0 bridgehead atoms. The highest BCUT2D eigenvalue weighted by atomic mass is 16.2. The quantitative estimate of drug-likeness (QED) is 0.698. The first-order valence-corrected chi connectivity index (χ1v) is 10.3. The minimum Gasteiger partial charge on any atom is -0.346 e. The lowest BCUT2D eigenvalue weighted by Crippen LogP contribution is -2.23. The van der Waals surface area contributed by atoms with E-state index in [1.165, 1.54) is 32.1 Å². The summed E-state index contributed by atoms with van der Waals surface area (Å²) in [5, 5.41) is 5.77. The molecule has 2 aromatic rings. The van der Waals surface area contributed by atoms with Gasteiger partial charge in [-0.2, -0.15) is 0 Å². The molecule has 0 saturated heterocycles. The summed E-state index contributed by atoms with van der Waals surface area (Å²) in [5.74, 6) is 0.633. The first-order chi connectivity index (χ1) is 13.7. The second-order valence-corrected chi connectivity index (χ2v) is 7.53. The Hall–Kier alpha value is -2.69. The predicted molar refractivity (Wildman–Crippen MR) is 111 cm³/mol. The molecule has 1 heterocycles. The fourth-order valence-electron chi connectivity index (χ4n) is 3.76. The van der Waals surface area contributed by atoms with Crippen molar-refractivity contribution in [1.29, 1.82) is 0 Å². The average Bonchev–Trinajstić information content (AvgIpc) is 2.74. The van der Waals surface area contributed by atoms with Gasteiger partial charge in [-0.1, -0.05) is 44.2 Å². The Morgan fingerprint density at radius 2 is 1.89 bits per heavy atom. The highest BCUT2D eigenvalue weighted by Crippen LogP contribution is 2.27. The third kappa shape index (κ3) is 6.48. The fourth-order valence-corrected chi connectivity index (χ4v) is 3.76. The van der Waals surface area contributed by atoms with Gasteiger partial charge in [0.1, 0.15) is 0 Å². The number of carbonyl (C=O) groups is 2. The van der Waals surface area contributed by atoms with Crippen LogP contribution in [-0.2, 0) is 11.3 Å². The third-order valence-electron chi connectivity index (χ3n) is 5.31. The van der Waals surface area contributed by atoms with Gasteiger partial charge in [-0.25, -0.2) is 0 Å². The average molecular weight is 380 g/mol. The highest BCUT2D eigenvalue weighted by Gasteiger charge is 2.14. The standard InChI is InChI=1S/C23H29N3O2/c27-22(14-6-10-18-8-2-1-3-9-18)26-20-13-7-11-19(16-20)23(28)25-17-21-12-4-5-15-24-21/h4-5,7,11-13,15-16,18H,1-3,6,8-10,14,17H2,(H,25,28)(H,26,27). The zero-order chi connectivity index (χ0) is 19.6. The molecule has 3 rings (SSSR count). The molecule has 1 saturated carbocycles. The molecular formula is C23H29N3O2. The van der Waals surface area contributed by atoms with Gasteiger partial charge in [0.2, 0.25) is 5.91 Å². The van der Waals surface area contributed by atoms with Gasteiger partial charge < -0.3 is 10.6 Å². The molecule has 2 N–H and O–H groups in total. The summed E-state index contributed by atoms with van der Waals surface area (Å²) < 4.78 is 0. The van der Waals surface area contributed by atoms with E-state index in [1.54, 1.807) is 24.4 Å². The minimum atomic E-state index is -0.181. The van der Waals surface area contributed by atoms with Gasteiger partial charge in [0.25, 0.3) is 5.91 Å². The van der Waals surface area contributed by atoms with E-state index in [1.807, 2.05) is 24.3 Å². The zero-order valence-electron chi connectivity index (χ0n) is 16.3. The minimum absolute atomic E-state index is 0.0156. The SMILES string of the molecule is O=C(CCCC1CCCCC1)Nc1cccc(C(=O)NCc2ccccn2)c1. The van der Waals surface area contributed by atoms with Gasteiger partial charge in [0, 0.05) is 23.9 Å². The molecule has 1 aliphatic carbocycles. The Morgan fingerprint density at radius 3 is 2.68 bits per heavy atom. The molecule has 148 valence electrons. The number of rotatable bonds is 8. The molecule has 1 aliphatic rings. The molecular weight excluding hydrogens is 350 g/mol. The first kappa shape index (κ1) is 20.1. The van der Waals surface area contributed by atoms with Crippen LogP contribution in [0.25, 0.3) is 0 Å². The summed E-state index contributed by atoms with van der Waals surface area (Å²) >= 11 is 0. The second kappa shape index (κ2) is 10.6. The van der Waals surface area contributed by atoms with Gasteiger partial charge in [-0.3, -0.25) is 14.6 Å². The predicted octanol–water partition coefficient (Wildman–Crippen LogP) is 4.70. The number of nitrogens with one attached hydrogen (secondary N) is 2. The van der Waals surface area contributed by atoms with Gasteiger partial charge in [0.05, 0.1) is 12.2 Å². The van der Waals surface area contributed by atoms with Crippen LogP contribution >= 0.6 is 0 Å². The zero-order valence-corrected chi connectivity index (χ0v) is 16.3. The van der Waals surface area contributed by atoms with E-state index >= 15 is 0 Å². The molecule has 1 fully saturated rings. The highest BCUT2D eigenvalue weighted by molar-refractivity contribution is 5.97. The van der Waals surface area contributed by atoms with E-state index in [-0.39, 0.29) is 11.8 Å². The largest absolute Gasteiger partial charge is 0.346 e. The molecule has 0 spiro atoms. The number of benzene rings is 1. The number of hydrogen-bond acceptors (Lipinski definition) is 3. The van der Waals surface area contributed by atoms with Crippen molar-refractivity contribution in [1.82, 2.24) is 10.3 Å². The summed E-state index contributed by atoms with van der Waals surface area (Å²) in [6.07, 6.45) is 11.0. The number of aromatic nitrogens is 1. The van der Waals surface area contributed by atoms with Crippen LogP contribution in [0.15, 0.2) is 48.7 Å². The van der Waals surface area contributed by atoms with E-state index in [2.05, 4.69) is 15.6 Å². The molecule has 1 aromatic carbocycles. The van der Waals surface area contributed by atoms with Gasteiger partial charge in [0.15, 0.2) is 0 Å². The molecule has 5 nitrogen and oxygen atoms in total. The first-order valence-electron chi connectivity index (χ1n) is 10.3. The maximum atomic E-state index is 12.4. The molecule has 28 heavy (non-hydrogen) atoms. The van der Waals surface area contributed by atoms with Crippen LogP contribution in [0.1, 0.15) is 67.4 Å². The van der Waals surface area contributed by atoms with Gasteiger partial charge in [-0.15, -0.1) is 0 Å². The Labute approximate surface area is 167 Å². The maximum absolute atomic E-state index is 12.4. The van der Waals surface area contributed by atoms with Crippen molar-refractivity contribution in [3.63, 3.8) is 0 Å². The van der Waals surface area contributed by atoms with Crippen LogP contribution in [0.2, 0.25) is 0 Å². The lowest BCUT2D eigenvalue weighted by atomic mass is 9.86. The monoisotopic (exact) mass is 379 g/mol. The number of hydrogen-bond donors (Lipinski definition) is 2. The third-order valence-corrected chi connectivity index (χ3v) is 5.31. The van der Waals surface area contributed by atoms with Gasteiger partial charge >= 0.3 is 0 Å². The van der Waals surface area contributed by atoms with Crippen LogP contribution in [0, 0.1) is 5.92 Å². The normalized spacial score (nSPS) is 14.4. The number of nitrogens with zero attached hydrogens (tertiary/aromatic N) is 1. The maximum Gasteiger partial charge on any atom is 0.251 e. The molecule has 2 amide bonds. The lowest BCUT2D eigenvalue weighted by molar-refractivity contribution is -0.116. The summed E-state index contributed by atoms with van der Waals surface area (Å²) in [6, 6.07) is 12.6. The molecule has 1 aromatic heterocycles. The molecule has 0 aliphatic heterocycles. The molecule has 5 heteroatoms. The van der Waals surface area contributed by atoms with E-state index in [0.717, 1.165) is 24.5 Å². The summed E-state index contributed by atoms with van der Waals surface area (Å²) in [7, 11) is 0. The number of carbonyl (C=O) groups excluding carboxylic acids is 2. The Bertz CT molecular complexity index is 770. The molecule has 0 unspecified atom stereocenters. The van der Waals surface area contributed by atoms with Crippen molar-refractivity contribution in [2.24, 2.45) is 5.92 Å². The number of anilines is 1. The summed E-state index contributed by atoms with van der Waals surface area (Å²) in [6.45, 7) is 0.372. The fraction of sp³-hybridized carbons (Fsp3) is 0.435. The van der Waals surface area contributed by atoms with Crippen LogP contribution < -0.4 is 10.6 Å². The van der Waals surface area contributed by atoms with E-state index in [4.69, 9.17) is 0 Å². The number of pyridine rings is 1. The lowest BCUT2D eigenvalue weighted by Gasteiger charge is -2.21. The van der Waals surface area contributed by atoms with Crippen molar-refractivity contribution in [2.45, 2.75) is 57.9 Å². The number of amides is 2. The van der Waals surface area contributed by atoms with Crippen molar-refractivity contribution >= 4 is 17.5 Å².